The Morgan fingerprint density at radius 1 is 1.41 bits per heavy atom. The third-order valence-electron chi connectivity index (χ3n) is 5.47. The molecule has 2 aliphatic heterocycles. The summed E-state index contributed by atoms with van der Waals surface area (Å²) < 4.78 is 0. The predicted octanol–water partition coefficient (Wildman–Crippen LogP) is 1.74. The number of guanidine groups is 1. The number of piperidine rings is 1. The zero-order valence-electron chi connectivity index (χ0n) is 13.9. The number of rotatable bonds is 3. The maximum absolute atomic E-state index is 11.6. The van der Waals surface area contributed by atoms with Gasteiger partial charge in [0.25, 0.3) is 0 Å². The van der Waals surface area contributed by atoms with E-state index in [4.69, 9.17) is 4.99 Å². The minimum Gasteiger partial charge on any atom is -0.357 e. The summed E-state index contributed by atoms with van der Waals surface area (Å²) in [5, 5.41) is 6.49. The van der Waals surface area contributed by atoms with E-state index >= 15 is 0 Å². The molecular formula is C17H30N4O. The molecule has 1 atom stereocenters. The van der Waals surface area contributed by atoms with E-state index in [1.54, 1.807) is 0 Å². The Morgan fingerprint density at radius 2 is 2.23 bits per heavy atom. The Morgan fingerprint density at radius 3 is 2.91 bits per heavy atom. The van der Waals surface area contributed by atoms with Gasteiger partial charge < -0.3 is 15.5 Å². The van der Waals surface area contributed by atoms with E-state index in [2.05, 4.69) is 22.5 Å². The van der Waals surface area contributed by atoms with E-state index in [0.717, 1.165) is 57.4 Å². The highest BCUT2D eigenvalue weighted by Crippen LogP contribution is 2.36. The summed E-state index contributed by atoms with van der Waals surface area (Å²) in [5.74, 6) is 2.06. The van der Waals surface area contributed by atoms with Crippen molar-refractivity contribution in [3.05, 3.63) is 0 Å². The van der Waals surface area contributed by atoms with Gasteiger partial charge in [0, 0.05) is 44.6 Å². The number of aliphatic imine (C=N–C) groups is 1. The van der Waals surface area contributed by atoms with Gasteiger partial charge in [0.15, 0.2) is 5.96 Å². The fourth-order valence-electron chi connectivity index (χ4n) is 4.26. The standard InChI is InChI=1S/C17H30N4O/c1-2-18-16(19-11-14-6-3-4-7-14)21-9-5-8-17(13-21)10-15(22)20-12-17/h14H,2-13H2,1H3,(H,18,19)(H,20,22). The number of likely N-dealkylation sites (tertiary alicyclic amines) is 1. The molecule has 0 aromatic carbocycles. The molecule has 0 radical (unpaired) electrons. The number of hydrogen-bond acceptors (Lipinski definition) is 2. The smallest absolute Gasteiger partial charge is 0.220 e. The molecule has 2 saturated heterocycles. The molecule has 1 spiro atoms. The molecule has 22 heavy (non-hydrogen) atoms. The van der Waals surface area contributed by atoms with Gasteiger partial charge in [-0.1, -0.05) is 12.8 Å². The molecule has 5 nitrogen and oxygen atoms in total. The number of hydrogen-bond donors (Lipinski definition) is 2. The Bertz CT molecular complexity index is 430. The van der Waals surface area contributed by atoms with Crippen molar-refractivity contribution in [2.24, 2.45) is 16.3 Å². The predicted molar refractivity (Wildman–Crippen MR) is 88.8 cm³/mol. The summed E-state index contributed by atoms with van der Waals surface area (Å²) in [6, 6.07) is 0. The van der Waals surface area contributed by atoms with Gasteiger partial charge in [0.1, 0.15) is 0 Å². The van der Waals surface area contributed by atoms with Crippen molar-refractivity contribution in [2.75, 3.05) is 32.7 Å². The first-order valence-electron chi connectivity index (χ1n) is 9.01. The lowest BCUT2D eigenvalue weighted by Gasteiger charge is -2.40. The van der Waals surface area contributed by atoms with Crippen molar-refractivity contribution in [1.82, 2.24) is 15.5 Å². The first-order chi connectivity index (χ1) is 10.7. The molecule has 5 heteroatoms. The number of carbonyl (C=O) groups excluding carboxylic acids is 1. The van der Waals surface area contributed by atoms with Gasteiger partial charge in [0.05, 0.1) is 0 Å². The second-order valence-corrected chi connectivity index (χ2v) is 7.32. The molecule has 0 aromatic rings. The first kappa shape index (κ1) is 15.6. The van der Waals surface area contributed by atoms with Crippen LogP contribution in [0.25, 0.3) is 0 Å². The molecule has 3 rings (SSSR count). The highest BCUT2D eigenvalue weighted by molar-refractivity contribution is 5.81. The van der Waals surface area contributed by atoms with Crippen molar-refractivity contribution in [1.29, 1.82) is 0 Å². The molecular weight excluding hydrogens is 276 g/mol. The second-order valence-electron chi connectivity index (χ2n) is 7.32. The summed E-state index contributed by atoms with van der Waals surface area (Å²) in [6.07, 6.45) is 8.42. The fourth-order valence-corrected chi connectivity index (χ4v) is 4.26. The van der Waals surface area contributed by atoms with Crippen LogP contribution in [0.1, 0.15) is 51.9 Å². The summed E-state index contributed by atoms with van der Waals surface area (Å²) in [6.45, 7) is 6.86. The minimum absolute atomic E-state index is 0.138. The van der Waals surface area contributed by atoms with E-state index in [1.807, 2.05) is 0 Å². The van der Waals surface area contributed by atoms with Gasteiger partial charge in [-0.3, -0.25) is 9.79 Å². The first-order valence-corrected chi connectivity index (χ1v) is 9.01. The SMILES string of the molecule is CCNC(=NCC1CCCC1)N1CCCC2(CNC(=O)C2)C1. The molecule has 2 heterocycles. The summed E-state index contributed by atoms with van der Waals surface area (Å²) in [5.41, 5.74) is 0.138. The molecule has 124 valence electrons. The highest BCUT2D eigenvalue weighted by Gasteiger charge is 2.42. The molecule has 3 fully saturated rings. The maximum atomic E-state index is 11.6. The van der Waals surface area contributed by atoms with Crippen LogP contribution in [0.4, 0.5) is 0 Å². The van der Waals surface area contributed by atoms with Gasteiger partial charge in [-0.25, -0.2) is 0 Å². The maximum Gasteiger partial charge on any atom is 0.220 e. The van der Waals surface area contributed by atoms with Crippen LogP contribution in [0.2, 0.25) is 0 Å². The molecule has 1 amide bonds. The Balaban J connectivity index is 1.64. The van der Waals surface area contributed by atoms with E-state index in [1.165, 1.54) is 25.7 Å². The van der Waals surface area contributed by atoms with Gasteiger partial charge >= 0.3 is 0 Å². The Hall–Kier alpha value is -1.26. The minimum atomic E-state index is 0.138. The molecule has 0 bridgehead atoms. The lowest BCUT2D eigenvalue weighted by molar-refractivity contribution is -0.119. The van der Waals surface area contributed by atoms with E-state index in [9.17, 15) is 4.79 Å². The van der Waals surface area contributed by atoms with Crippen LogP contribution in [-0.2, 0) is 4.79 Å². The van der Waals surface area contributed by atoms with E-state index in [-0.39, 0.29) is 11.3 Å². The summed E-state index contributed by atoms with van der Waals surface area (Å²) in [4.78, 5) is 19.0. The quantitative estimate of drug-likeness (QED) is 0.617. The summed E-state index contributed by atoms with van der Waals surface area (Å²) in [7, 11) is 0. The second kappa shape index (κ2) is 6.88. The number of amides is 1. The third kappa shape index (κ3) is 3.55. The third-order valence-corrected chi connectivity index (χ3v) is 5.47. The van der Waals surface area contributed by atoms with Gasteiger partial charge in [-0.15, -0.1) is 0 Å². The zero-order valence-corrected chi connectivity index (χ0v) is 13.9. The van der Waals surface area contributed by atoms with Crippen LogP contribution in [0.3, 0.4) is 0 Å². The van der Waals surface area contributed by atoms with Crippen molar-refractivity contribution >= 4 is 11.9 Å². The number of nitrogens with zero attached hydrogens (tertiary/aromatic N) is 2. The average Bonchev–Trinajstić information content (AvgIpc) is 3.14. The van der Waals surface area contributed by atoms with E-state index < -0.39 is 0 Å². The molecule has 1 unspecified atom stereocenters. The van der Waals surface area contributed by atoms with Crippen LogP contribution in [0.5, 0.6) is 0 Å². The van der Waals surface area contributed by atoms with Crippen LogP contribution in [0.15, 0.2) is 4.99 Å². The van der Waals surface area contributed by atoms with Gasteiger partial charge in [-0.2, -0.15) is 0 Å². The van der Waals surface area contributed by atoms with Crippen molar-refractivity contribution < 1.29 is 4.79 Å². The molecule has 1 saturated carbocycles. The Labute approximate surface area is 133 Å². The van der Waals surface area contributed by atoms with Crippen LogP contribution in [-0.4, -0.2) is 49.5 Å². The van der Waals surface area contributed by atoms with E-state index in [0.29, 0.717) is 6.42 Å². The molecule has 1 aliphatic carbocycles. The highest BCUT2D eigenvalue weighted by atomic mass is 16.1. The van der Waals surface area contributed by atoms with Crippen LogP contribution < -0.4 is 10.6 Å². The lowest BCUT2D eigenvalue weighted by Crippen LogP contribution is -2.51. The summed E-state index contributed by atoms with van der Waals surface area (Å²) >= 11 is 0. The topological polar surface area (TPSA) is 56.7 Å². The fraction of sp³-hybridized carbons (Fsp3) is 0.882. The van der Waals surface area contributed by atoms with Gasteiger partial charge in [-0.05, 0) is 38.5 Å². The average molecular weight is 306 g/mol. The van der Waals surface area contributed by atoms with Crippen molar-refractivity contribution in [2.45, 2.75) is 51.9 Å². The number of carbonyl (C=O) groups is 1. The normalized spacial score (nSPS) is 30.1. The van der Waals surface area contributed by atoms with Crippen LogP contribution in [0, 0.1) is 11.3 Å². The number of nitrogens with one attached hydrogen (secondary N) is 2. The monoisotopic (exact) mass is 306 g/mol. The molecule has 2 N–H and O–H groups in total. The lowest BCUT2D eigenvalue weighted by atomic mass is 9.79. The van der Waals surface area contributed by atoms with Crippen molar-refractivity contribution in [3.63, 3.8) is 0 Å². The Kier molecular flexibility index (Phi) is 4.89. The largest absolute Gasteiger partial charge is 0.357 e. The van der Waals surface area contributed by atoms with Crippen molar-refractivity contribution in [3.8, 4) is 0 Å². The zero-order chi connectivity index (χ0) is 15.4. The van der Waals surface area contributed by atoms with Gasteiger partial charge in [0.2, 0.25) is 5.91 Å². The molecule has 0 aromatic heterocycles. The molecule has 3 aliphatic rings. The van der Waals surface area contributed by atoms with Crippen LogP contribution >= 0.6 is 0 Å².